The SMILES string of the molecule is Cc1cc(CC(CO)(CO)c2cccc(Br)c2)n(C)n1. The largest absolute Gasteiger partial charge is 0.395 e. The Hall–Kier alpha value is -1.17. The van der Waals surface area contributed by atoms with Gasteiger partial charge in [-0.25, -0.2) is 0 Å². The molecule has 0 fully saturated rings. The summed E-state index contributed by atoms with van der Waals surface area (Å²) in [7, 11) is 1.88. The summed E-state index contributed by atoms with van der Waals surface area (Å²) in [4.78, 5) is 0. The molecule has 0 unspecified atom stereocenters. The van der Waals surface area contributed by atoms with Gasteiger partial charge in [-0.3, -0.25) is 4.68 Å². The molecule has 0 aliphatic rings. The number of halogens is 1. The van der Waals surface area contributed by atoms with Crippen LogP contribution in [0, 0.1) is 6.92 Å². The monoisotopic (exact) mass is 338 g/mol. The van der Waals surface area contributed by atoms with E-state index in [0.717, 1.165) is 21.4 Å². The Kier molecular flexibility index (Phi) is 4.62. The third-order valence-corrected chi connectivity index (χ3v) is 4.15. The lowest BCUT2D eigenvalue weighted by molar-refractivity contribution is 0.114. The standard InChI is InChI=1S/C15H19BrN2O2/c1-11-6-14(18(2)17-11)8-15(9-19,10-20)12-4-3-5-13(16)7-12/h3-7,19-20H,8-10H2,1-2H3. The Labute approximate surface area is 127 Å². The smallest absolute Gasteiger partial charge is 0.0596 e. The molecule has 2 rings (SSSR count). The summed E-state index contributed by atoms with van der Waals surface area (Å²) in [6.45, 7) is 1.69. The van der Waals surface area contributed by atoms with E-state index >= 15 is 0 Å². The van der Waals surface area contributed by atoms with Gasteiger partial charge < -0.3 is 10.2 Å². The average molecular weight is 339 g/mol. The number of benzene rings is 1. The third-order valence-electron chi connectivity index (χ3n) is 3.66. The molecule has 1 heterocycles. The Morgan fingerprint density at radius 1 is 1.25 bits per heavy atom. The van der Waals surface area contributed by atoms with E-state index in [4.69, 9.17) is 0 Å². The number of hydrogen-bond donors (Lipinski definition) is 2. The van der Waals surface area contributed by atoms with Crippen molar-refractivity contribution in [1.29, 1.82) is 0 Å². The third kappa shape index (κ3) is 2.95. The van der Waals surface area contributed by atoms with Crippen LogP contribution in [0.3, 0.4) is 0 Å². The predicted molar refractivity (Wildman–Crippen MR) is 81.6 cm³/mol. The zero-order valence-corrected chi connectivity index (χ0v) is 13.3. The number of aromatic nitrogens is 2. The second-order valence-electron chi connectivity index (χ2n) is 5.18. The maximum Gasteiger partial charge on any atom is 0.0596 e. The first-order chi connectivity index (χ1) is 9.50. The van der Waals surface area contributed by atoms with Crippen molar-refractivity contribution in [3.8, 4) is 0 Å². The van der Waals surface area contributed by atoms with Crippen molar-refractivity contribution < 1.29 is 10.2 Å². The minimum Gasteiger partial charge on any atom is -0.395 e. The molecule has 108 valence electrons. The normalized spacial score (nSPS) is 11.8. The van der Waals surface area contributed by atoms with E-state index in [1.54, 1.807) is 4.68 Å². The Bertz CT molecular complexity index is 591. The van der Waals surface area contributed by atoms with E-state index < -0.39 is 5.41 Å². The molecule has 1 aromatic carbocycles. The maximum absolute atomic E-state index is 9.87. The van der Waals surface area contributed by atoms with Gasteiger partial charge in [-0.15, -0.1) is 0 Å². The molecule has 0 radical (unpaired) electrons. The van der Waals surface area contributed by atoms with Crippen molar-refractivity contribution in [3.05, 3.63) is 51.8 Å². The molecule has 0 atom stereocenters. The first-order valence-corrected chi connectivity index (χ1v) is 7.27. The van der Waals surface area contributed by atoms with Gasteiger partial charge >= 0.3 is 0 Å². The fourth-order valence-electron chi connectivity index (χ4n) is 2.44. The van der Waals surface area contributed by atoms with E-state index in [2.05, 4.69) is 21.0 Å². The highest BCUT2D eigenvalue weighted by molar-refractivity contribution is 9.10. The van der Waals surface area contributed by atoms with Crippen molar-refractivity contribution in [3.63, 3.8) is 0 Å². The highest BCUT2D eigenvalue weighted by Gasteiger charge is 2.32. The van der Waals surface area contributed by atoms with Gasteiger partial charge in [0.2, 0.25) is 0 Å². The lowest BCUT2D eigenvalue weighted by Gasteiger charge is -2.30. The summed E-state index contributed by atoms with van der Waals surface area (Å²) >= 11 is 3.44. The van der Waals surface area contributed by atoms with E-state index in [0.29, 0.717) is 6.42 Å². The molecule has 1 aromatic heterocycles. The van der Waals surface area contributed by atoms with Crippen molar-refractivity contribution in [2.24, 2.45) is 7.05 Å². The predicted octanol–water partition coefficient (Wildman–Crippen LogP) is 1.96. The Morgan fingerprint density at radius 3 is 2.45 bits per heavy atom. The first kappa shape index (κ1) is 15.2. The van der Waals surface area contributed by atoms with E-state index in [1.165, 1.54) is 0 Å². The second-order valence-corrected chi connectivity index (χ2v) is 6.10. The molecule has 0 spiro atoms. The van der Waals surface area contributed by atoms with Gasteiger partial charge in [0.1, 0.15) is 0 Å². The molecule has 20 heavy (non-hydrogen) atoms. The van der Waals surface area contributed by atoms with Gasteiger partial charge in [0, 0.05) is 29.1 Å². The average Bonchev–Trinajstić information content (AvgIpc) is 2.74. The highest BCUT2D eigenvalue weighted by Crippen LogP contribution is 2.30. The highest BCUT2D eigenvalue weighted by atomic mass is 79.9. The van der Waals surface area contributed by atoms with E-state index in [-0.39, 0.29) is 13.2 Å². The van der Waals surface area contributed by atoms with Crippen LogP contribution in [0.5, 0.6) is 0 Å². The van der Waals surface area contributed by atoms with Crippen LogP contribution in [-0.4, -0.2) is 33.2 Å². The number of hydrogen-bond acceptors (Lipinski definition) is 3. The molecule has 0 aliphatic heterocycles. The van der Waals surface area contributed by atoms with Crippen LogP contribution in [0.15, 0.2) is 34.8 Å². The molecule has 0 amide bonds. The van der Waals surface area contributed by atoms with Crippen molar-refractivity contribution in [2.75, 3.05) is 13.2 Å². The van der Waals surface area contributed by atoms with Gasteiger partial charge in [-0.2, -0.15) is 5.10 Å². The van der Waals surface area contributed by atoms with Crippen LogP contribution in [0.25, 0.3) is 0 Å². The quantitative estimate of drug-likeness (QED) is 0.876. The first-order valence-electron chi connectivity index (χ1n) is 6.48. The van der Waals surface area contributed by atoms with Gasteiger partial charge in [0.15, 0.2) is 0 Å². The van der Waals surface area contributed by atoms with Gasteiger partial charge in [0.05, 0.1) is 18.9 Å². The van der Waals surface area contributed by atoms with E-state index in [1.807, 2.05) is 44.3 Å². The summed E-state index contributed by atoms with van der Waals surface area (Å²) in [5.41, 5.74) is 2.13. The molecule has 0 aliphatic carbocycles. The zero-order chi connectivity index (χ0) is 14.8. The lowest BCUT2D eigenvalue weighted by Crippen LogP contribution is -2.38. The van der Waals surface area contributed by atoms with Crippen LogP contribution < -0.4 is 0 Å². The number of nitrogens with zero attached hydrogens (tertiary/aromatic N) is 2. The van der Waals surface area contributed by atoms with Crippen molar-refractivity contribution in [2.45, 2.75) is 18.8 Å². The summed E-state index contributed by atoms with van der Waals surface area (Å²) in [6.07, 6.45) is 0.536. The number of aliphatic hydroxyl groups excluding tert-OH is 2. The van der Waals surface area contributed by atoms with Gasteiger partial charge in [-0.05, 0) is 30.7 Å². The molecule has 0 saturated carbocycles. The second kappa shape index (κ2) is 6.08. The number of aliphatic hydroxyl groups is 2. The van der Waals surface area contributed by atoms with Gasteiger partial charge in [-0.1, -0.05) is 28.1 Å². The molecule has 0 saturated heterocycles. The number of aryl methyl sites for hydroxylation is 2. The fraction of sp³-hybridized carbons (Fsp3) is 0.400. The van der Waals surface area contributed by atoms with Crippen molar-refractivity contribution >= 4 is 15.9 Å². The zero-order valence-electron chi connectivity index (χ0n) is 11.7. The topological polar surface area (TPSA) is 58.3 Å². The number of rotatable bonds is 5. The summed E-state index contributed by atoms with van der Waals surface area (Å²) in [6, 6.07) is 9.69. The van der Waals surface area contributed by atoms with Crippen LogP contribution in [0.2, 0.25) is 0 Å². The van der Waals surface area contributed by atoms with Gasteiger partial charge in [0.25, 0.3) is 0 Å². The summed E-state index contributed by atoms with van der Waals surface area (Å²) in [5, 5.41) is 24.1. The molecular formula is C15H19BrN2O2. The lowest BCUT2D eigenvalue weighted by atomic mass is 9.78. The van der Waals surface area contributed by atoms with Crippen LogP contribution in [0.1, 0.15) is 17.0 Å². The van der Waals surface area contributed by atoms with E-state index in [9.17, 15) is 10.2 Å². The molecule has 2 aromatic rings. The minimum atomic E-state index is -0.704. The van der Waals surface area contributed by atoms with Crippen LogP contribution in [0.4, 0.5) is 0 Å². The summed E-state index contributed by atoms with van der Waals surface area (Å²) < 4.78 is 2.73. The molecule has 4 nitrogen and oxygen atoms in total. The molecule has 0 bridgehead atoms. The Morgan fingerprint density at radius 2 is 1.95 bits per heavy atom. The van der Waals surface area contributed by atoms with Crippen LogP contribution >= 0.6 is 15.9 Å². The van der Waals surface area contributed by atoms with Crippen molar-refractivity contribution in [1.82, 2.24) is 9.78 Å². The summed E-state index contributed by atoms with van der Waals surface area (Å²) in [5.74, 6) is 0. The minimum absolute atomic E-state index is 0.121. The molecule has 2 N–H and O–H groups in total. The molecule has 5 heteroatoms. The fourth-order valence-corrected chi connectivity index (χ4v) is 2.84. The van der Waals surface area contributed by atoms with Crippen LogP contribution in [-0.2, 0) is 18.9 Å². The molecular weight excluding hydrogens is 320 g/mol. The Balaban J connectivity index is 2.42. The maximum atomic E-state index is 9.87.